The van der Waals surface area contributed by atoms with Crippen molar-refractivity contribution in [2.45, 2.75) is 4.90 Å². The number of aromatic nitrogens is 1. The first-order valence-electron chi connectivity index (χ1n) is 4.97. The molecule has 0 aliphatic carbocycles. The van der Waals surface area contributed by atoms with Crippen LogP contribution in [0.15, 0.2) is 47.5 Å². The summed E-state index contributed by atoms with van der Waals surface area (Å²) in [5.74, 6) is -0.354. The van der Waals surface area contributed by atoms with Gasteiger partial charge in [0.2, 0.25) is 0 Å². The SMILES string of the molecule is Nc1ccc(NS(=O)(=O)c2ccc(F)cc2)nc1. The highest BCUT2D eigenvalue weighted by Crippen LogP contribution is 2.15. The van der Waals surface area contributed by atoms with E-state index in [4.69, 9.17) is 5.73 Å². The van der Waals surface area contributed by atoms with Crippen molar-refractivity contribution >= 4 is 21.5 Å². The number of halogens is 1. The highest BCUT2D eigenvalue weighted by atomic mass is 32.2. The van der Waals surface area contributed by atoms with Gasteiger partial charge < -0.3 is 5.73 Å². The largest absolute Gasteiger partial charge is 0.397 e. The van der Waals surface area contributed by atoms with Gasteiger partial charge in [0.05, 0.1) is 16.8 Å². The van der Waals surface area contributed by atoms with Crippen LogP contribution in [0.4, 0.5) is 15.9 Å². The third-order valence-corrected chi connectivity index (χ3v) is 3.52. The average molecular weight is 267 g/mol. The zero-order valence-electron chi connectivity index (χ0n) is 9.17. The number of hydrogen-bond donors (Lipinski definition) is 2. The normalized spacial score (nSPS) is 11.2. The fourth-order valence-corrected chi connectivity index (χ4v) is 2.28. The molecule has 0 atom stereocenters. The van der Waals surface area contributed by atoms with Gasteiger partial charge >= 0.3 is 0 Å². The molecule has 5 nitrogen and oxygen atoms in total. The first-order valence-corrected chi connectivity index (χ1v) is 6.45. The quantitative estimate of drug-likeness (QED) is 0.884. The topological polar surface area (TPSA) is 85.1 Å². The Bertz CT molecular complexity index is 639. The van der Waals surface area contributed by atoms with Crippen molar-refractivity contribution in [3.63, 3.8) is 0 Å². The molecule has 0 radical (unpaired) electrons. The standard InChI is InChI=1S/C11H10FN3O2S/c12-8-1-4-10(5-2-8)18(16,17)15-11-6-3-9(13)7-14-11/h1-7H,13H2,(H,14,15). The molecule has 0 fully saturated rings. The Kier molecular flexibility index (Phi) is 3.15. The second kappa shape index (κ2) is 4.61. The summed E-state index contributed by atoms with van der Waals surface area (Å²) in [5, 5.41) is 0. The molecule has 1 aromatic heterocycles. The van der Waals surface area contributed by atoms with E-state index in [1.54, 1.807) is 0 Å². The van der Waals surface area contributed by atoms with E-state index in [0.29, 0.717) is 5.69 Å². The highest BCUT2D eigenvalue weighted by Gasteiger charge is 2.14. The average Bonchev–Trinajstić information content (AvgIpc) is 2.32. The Labute approximate surface area is 104 Å². The molecule has 0 spiro atoms. The molecule has 1 aromatic carbocycles. The monoisotopic (exact) mass is 267 g/mol. The zero-order chi connectivity index (χ0) is 13.2. The maximum Gasteiger partial charge on any atom is 0.263 e. The van der Waals surface area contributed by atoms with Crippen LogP contribution in [0.25, 0.3) is 0 Å². The van der Waals surface area contributed by atoms with Crippen molar-refractivity contribution < 1.29 is 12.8 Å². The zero-order valence-corrected chi connectivity index (χ0v) is 9.99. The highest BCUT2D eigenvalue weighted by molar-refractivity contribution is 7.92. The third kappa shape index (κ3) is 2.75. The Hall–Kier alpha value is -2.15. The minimum atomic E-state index is -3.76. The molecular formula is C11H10FN3O2S. The molecule has 94 valence electrons. The van der Waals surface area contributed by atoms with E-state index in [9.17, 15) is 12.8 Å². The number of nitrogens with two attached hydrogens (primary N) is 1. The lowest BCUT2D eigenvalue weighted by atomic mass is 10.4. The predicted molar refractivity (Wildman–Crippen MR) is 65.9 cm³/mol. The van der Waals surface area contributed by atoms with Crippen LogP contribution < -0.4 is 10.5 Å². The minimum Gasteiger partial charge on any atom is -0.397 e. The van der Waals surface area contributed by atoms with E-state index in [0.717, 1.165) is 12.1 Å². The fourth-order valence-electron chi connectivity index (χ4n) is 1.28. The van der Waals surface area contributed by atoms with Crippen LogP contribution >= 0.6 is 0 Å². The molecular weight excluding hydrogens is 257 g/mol. The summed E-state index contributed by atoms with van der Waals surface area (Å²) in [5.41, 5.74) is 5.87. The van der Waals surface area contributed by atoms with E-state index in [-0.39, 0.29) is 10.7 Å². The first kappa shape index (κ1) is 12.3. The smallest absolute Gasteiger partial charge is 0.263 e. The summed E-state index contributed by atoms with van der Waals surface area (Å²) in [6, 6.07) is 7.46. The van der Waals surface area contributed by atoms with Gasteiger partial charge in [-0.2, -0.15) is 0 Å². The maximum atomic E-state index is 12.7. The second-order valence-electron chi connectivity index (χ2n) is 3.54. The number of hydrogen-bond acceptors (Lipinski definition) is 4. The number of nitrogen functional groups attached to an aromatic ring is 1. The number of benzene rings is 1. The molecule has 3 N–H and O–H groups in total. The van der Waals surface area contributed by atoms with Gasteiger partial charge in [-0.05, 0) is 36.4 Å². The Morgan fingerprint density at radius 1 is 1.11 bits per heavy atom. The van der Waals surface area contributed by atoms with E-state index in [1.165, 1.54) is 30.5 Å². The summed E-state index contributed by atoms with van der Waals surface area (Å²) >= 11 is 0. The number of pyridine rings is 1. The van der Waals surface area contributed by atoms with E-state index < -0.39 is 15.8 Å². The third-order valence-electron chi connectivity index (χ3n) is 2.15. The summed E-state index contributed by atoms with van der Waals surface area (Å²) in [7, 11) is -3.76. The van der Waals surface area contributed by atoms with Crippen molar-refractivity contribution in [1.29, 1.82) is 0 Å². The molecule has 2 aromatic rings. The van der Waals surface area contributed by atoms with Crippen LogP contribution in [0, 0.1) is 5.82 Å². The Morgan fingerprint density at radius 2 is 1.78 bits per heavy atom. The van der Waals surface area contributed by atoms with E-state index in [2.05, 4.69) is 9.71 Å². The molecule has 18 heavy (non-hydrogen) atoms. The van der Waals surface area contributed by atoms with Crippen LogP contribution in [0.3, 0.4) is 0 Å². The van der Waals surface area contributed by atoms with Crippen molar-refractivity contribution in [2.75, 3.05) is 10.5 Å². The number of nitrogens with one attached hydrogen (secondary N) is 1. The van der Waals surface area contributed by atoms with Gasteiger partial charge in [0, 0.05) is 0 Å². The molecule has 2 rings (SSSR count). The minimum absolute atomic E-state index is 0.0393. The molecule has 7 heteroatoms. The van der Waals surface area contributed by atoms with Gasteiger partial charge in [0.25, 0.3) is 10.0 Å². The van der Waals surface area contributed by atoms with Crippen LogP contribution in [0.5, 0.6) is 0 Å². The van der Waals surface area contributed by atoms with Crippen LogP contribution in [0.2, 0.25) is 0 Å². The second-order valence-corrected chi connectivity index (χ2v) is 5.22. The molecule has 0 aliphatic rings. The van der Waals surface area contributed by atoms with Crippen molar-refractivity contribution in [3.8, 4) is 0 Å². The van der Waals surface area contributed by atoms with Gasteiger partial charge in [0.15, 0.2) is 0 Å². The summed E-state index contributed by atoms with van der Waals surface area (Å²) in [6.07, 6.45) is 1.34. The lowest BCUT2D eigenvalue weighted by Gasteiger charge is -2.07. The van der Waals surface area contributed by atoms with Crippen LogP contribution in [0.1, 0.15) is 0 Å². The van der Waals surface area contributed by atoms with Gasteiger partial charge in [-0.25, -0.2) is 17.8 Å². The number of anilines is 2. The number of rotatable bonds is 3. The maximum absolute atomic E-state index is 12.7. The Morgan fingerprint density at radius 3 is 2.33 bits per heavy atom. The van der Waals surface area contributed by atoms with Crippen molar-refractivity contribution in [1.82, 2.24) is 4.98 Å². The van der Waals surface area contributed by atoms with E-state index in [1.807, 2.05) is 0 Å². The van der Waals surface area contributed by atoms with Gasteiger partial charge in [-0.3, -0.25) is 4.72 Å². The molecule has 0 aliphatic heterocycles. The molecule has 0 saturated heterocycles. The molecule has 0 amide bonds. The number of nitrogens with zero attached hydrogens (tertiary/aromatic N) is 1. The molecule has 0 bridgehead atoms. The van der Waals surface area contributed by atoms with Crippen molar-refractivity contribution in [2.24, 2.45) is 0 Å². The molecule has 1 heterocycles. The fraction of sp³-hybridized carbons (Fsp3) is 0. The van der Waals surface area contributed by atoms with E-state index >= 15 is 0 Å². The van der Waals surface area contributed by atoms with Crippen molar-refractivity contribution in [3.05, 3.63) is 48.4 Å². The summed E-state index contributed by atoms with van der Waals surface area (Å²) in [6.45, 7) is 0. The first-order chi connectivity index (χ1) is 8.47. The molecule has 0 saturated carbocycles. The van der Waals surface area contributed by atoms with Gasteiger partial charge in [-0.15, -0.1) is 0 Å². The Balaban J connectivity index is 2.27. The van der Waals surface area contributed by atoms with Gasteiger partial charge in [-0.1, -0.05) is 0 Å². The summed E-state index contributed by atoms with van der Waals surface area (Å²) in [4.78, 5) is 3.78. The lowest BCUT2D eigenvalue weighted by molar-refractivity contribution is 0.599. The lowest BCUT2D eigenvalue weighted by Crippen LogP contribution is -2.13. The van der Waals surface area contributed by atoms with Crippen LogP contribution in [-0.4, -0.2) is 13.4 Å². The molecule has 0 unspecified atom stereocenters. The summed E-state index contributed by atoms with van der Waals surface area (Å²) < 4.78 is 38.8. The van der Waals surface area contributed by atoms with Gasteiger partial charge in [0.1, 0.15) is 11.6 Å². The number of sulfonamides is 1. The van der Waals surface area contributed by atoms with Crippen LogP contribution in [-0.2, 0) is 10.0 Å². The predicted octanol–water partition coefficient (Wildman–Crippen LogP) is 1.60.